The molecule has 2 amide bonds. The summed E-state index contributed by atoms with van der Waals surface area (Å²) in [5.41, 5.74) is 6.26. The predicted octanol–water partition coefficient (Wildman–Crippen LogP) is 1.34. The van der Waals surface area contributed by atoms with E-state index in [1.165, 1.54) is 7.11 Å². The molecule has 3 rings (SSSR count). The van der Waals surface area contributed by atoms with Gasteiger partial charge in [0.2, 0.25) is 5.91 Å². The van der Waals surface area contributed by atoms with E-state index in [-0.39, 0.29) is 13.0 Å². The lowest BCUT2D eigenvalue weighted by Crippen LogP contribution is -2.44. The molecule has 0 aliphatic rings. The zero-order valence-corrected chi connectivity index (χ0v) is 14.1. The third-order valence-corrected chi connectivity index (χ3v) is 3.54. The first-order valence-corrected chi connectivity index (χ1v) is 7.93. The monoisotopic (exact) mass is 354 g/mol. The lowest BCUT2D eigenvalue weighted by atomic mass is 10.3. The van der Waals surface area contributed by atoms with E-state index >= 15 is 0 Å². The van der Waals surface area contributed by atoms with Gasteiger partial charge in [-0.05, 0) is 24.3 Å². The van der Waals surface area contributed by atoms with Crippen molar-refractivity contribution in [2.75, 3.05) is 13.7 Å². The van der Waals surface area contributed by atoms with Gasteiger partial charge in [-0.3, -0.25) is 20.4 Å². The highest BCUT2D eigenvalue weighted by Crippen LogP contribution is 2.25. The van der Waals surface area contributed by atoms with Crippen LogP contribution in [0.15, 0.2) is 48.5 Å². The Kier molecular flexibility index (Phi) is 5.33. The van der Waals surface area contributed by atoms with Crippen molar-refractivity contribution in [3.05, 3.63) is 54.4 Å². The summed E-state index contributed by atoms with van der Waals surface area (Å²) >= 11 is 0. The van der Waals surface area contributed by atoms with Gasteiger partial charge in [0.15, 0.2) is 18.1 Å². The minimum atomic E-state index is -0.492. The van der Waals surface area contributed by atoms with Gasteiger partial charge < -0.3 is 14.5 Å². The molecular weight excluding hydrogens is 336 g/mol. The summed E-state index contributed by atoms with van der Waals surface area (Å²) in [6.07, 6.45) is 0.0162. The number of methoxy groups -OCH3 is 1. The number of hydrazine groups is 1. The number of ether oxygens (including phenoxy) is 2. The van der Waals surface area contributed by atoms with Crippen molar-refractivity contribution in [1.82, 2.24) is 20.8 Å². The standard InChI is InChI=1S/C18H18N4O4/c1-25-14-8-4-5-9-15(14)26-11-18(24)22-21-17(23)10-16-19-12-6-2-3-7-13(12)20-16/h2-9H,10-11H2,1H3,(H,19,20)(H,21,23)(H,22,24). The Balaban J connectivity index is 1.45. The second-order valence-electron chi connectivity index (χ2n) is 5.41. The van der Waals surface area contributed by atoms with Gasteiger partial charge in [0.25, 0.3) is 5.91 Å². The molecule has 2 aromatic carbocycles. The van der Waals surface area contributed by atoms with E-state index in [9.17, 15) is 9.59 Å². The lowest BCUT2D eigenvalue weighted by Gasteiger charge is -2.10. The number of carbonyl (C=O) groups is 2. The third-order valence-electron chi connectivity index (χ3n) is 3.54. The van der Waals surface area contributed by atoms with Crippen LogP contribution in [0.5, 0.6) is 11.5 Å². The van der Waals surface area contributed by atoms with E-state index in [2.05, 4.69) is 20.8 Å². The number of hydrogen-bond donors (Lipinski definition) is 3. The summed E-state index contributed by atoms with van der Waals surface area (Å²) in [6.45, 7) is -0.259. The molecule has 1 aromatic heterocycles. The molecule has 1 heterocycles. The summed E-state index contributed by atoms with van der Waals surface area (Å²) in [6, 6.07) is 14.5. The predicted molar refractivity (Wildman–Crippen MR) is 94.6 cm³/mol. The number of aromatic nitrogens is 2. The van der Waals surface area contributed by atoms with E-state index in [4.69, 9.17) is 9.47 Å². The van der Waals surface area contributed by atoms with Gasteiger partial charge in [-0.15, -0.1) is 0 Å². The molecule has 3 aromatic rings. The Morgan fingerprint density at radius 2 is 1.69 bits per heavy atom. The average molecular weight is 354 g/mol. The first-order chi connectivity index (χ1) is 12.7. The molecule has 0 spiro atoms. The summed E-state index contributed by atoms with van der Waals surface area (Å²) < 4.78 is 10.5. The number of H-pyrrole nitrogens is 1. The molecule has 26 heavy (non-hydrogen) atoms. The van der Waals surface area contributed by atoms with Crippen molar-refractivity contribution in [2.45, 2.75) is 6.42 Å². The van der Waals surface area contributed by atoms with Crippen molar-refractivity contribution in [1.29, 1.82) is 0 Å². The van der Waals surface area contributed by atoms with Gasteiger partial charge in [-0.25, -0.2) is 4.98 Å². The fraction of sp³-hybridized carbons (Fsp3) is 0.167. The van der Waals surface area contributed by atoms with E-state index in [0.717, 1.165) is 11.0 Å². The fourth-order valence-corrected chi connectivity index (χ4v) is 2.34. The smallest absolute Gasteiger partial charge is 0.276 e. The number of nitrogens with one attached hydrogen (secondary N) is 3. The maximum atomic E-state index is 11.9. The minimum absolute atomic E-state index is 0.0162. The molecule has 0 aliphatic heterocycles. The van der Waals surface area contributed by atoms with E-state index < -0.39 is 11.8 Å². The number of nitrogens with zero attached hydrogens (tertiary/aromatic N) is 1. The normalized spacial score (nSPS) is 10.3. The Labute approximate surface area is 149 Å². The van der Waals surface area contributed by atoms with Crippen LogP contribution < -0.4 is 20.3 Å². The first-order valence-electron chi connectivity index (χ1n) is 7.93. The van der Waals surface area contributed by atoms with Crippen LogP contribution in [0.3, 0.4) is 0 Å². The molecule has 3 N–H and O–H groups in total. The Hall–Kier alpha value is -3.55. The molecule has 0 saturated carbocycles. The van der Waals surface area contributed by atoms with Crippen molar-refractivity contribution >= 4 is 22.8 Å². The zero-order valence-electron chi connectivity index (χ0n) is 14.1. The van der Waals surface area contributed by atoms with Crippen LogP contribution in [0.2, 0.25) is 0 Å². The Bertz CT molecular complexity index is 889. The summed E-state index contributed by atoms with van der Waals surface area (Å²) in [7, 11) is 1.51. The number of aromatic amines is 1. The Morgan fingerprint density at radius 1 is 1.00 bits per heavy atom. The highest BCUT2D eigenvalue weighted by atomic mass is 16.5. The molecule has 0 bridgehead atoms. The van der Waals surface area contributed by atoms with Crippen LogP contribution in [0.25, 0.3) is 11.0 Å². The van der Waals surface area contributed by atoms with E-state index in [0.29, 0.717) is 17.3 Å². The van der Waals surface area contributed by atoms with Crippen LogP contribution >= 0.6 is 0 Å². The van der Waals surface area contributed by atoms with Gasteiger partial charge in [0.1, 0.15) is 5.82 Å². The number of hydrogen-bond acceptors (Lipinski definition) is 5. The number of fused-ring (bicyclic) bond motifs is 1. The van der Waals surface area contributed by atoms with Gasteiger partial charge in [-0.1, -0.05) is 24.3 Å². The first kappa shape index (κ1) is 17.3. The second-order valence-corrected chi connectivity index (χ2v) is 5.41. The largest absolute Gasteiger partial charge is 0.493 e. The van der Waals surface area contributed by atoms with Crippen LogP contribution in [0.1, 0.15) is 5.82 Å². The number of amides is 2. The number of imidazole rings is 1. The van der Waals surface area contributed by atoms with E-state index in [1.54, 1.807) is 24.3 Å². The highest BCUT2D eigenvalue weighted by Gasteiger charge is 2.10. The number of rotatable bonds is 6. The molecule has 0 atom stereocenters. The molecule has 0 unspecified atom stereocenters. The molecular formula is C18H18N4O4. The molecule has 0 fully saturated rings. The average Bonchev–Trinajstić information content (AvgIpc) is 3.07. The van der Waals surface area contributed by atoms with Gasteiger partial charge in [-0.2, -0.15) is 0 Å². The molecule has 0 aliphatic carbocycles. The lowest BCUT2D eigenvalue weighted by molar-refractivity contribution is -0.129. The summed E-state index contributed by atoms with van der Waals surface area (Å²) in [5.74, 6) is 0.597. The maximum Gasteiger partial charge on any atom is 0.276 e. The Morgan fingerprint density at radius 3 is 2.46 bits per heavy atom. The van der Waals surface area contributed by atoms with Crippen molar-refractivity contribution in [3.63, 3.8) is 0 Å². The van der Waals surface area contributed by atoms with Gasteiger partial charge in [0.05, 0.1) is 24.6 Å². The molecule has 8 heteroatoms. The SMILES string of the molecule is COc1ccccc1OCC(=O)NNC(=O)Cc1nc2ccccc2[nH]1. The van der Waals surface area contributed by atoms with E-state index in [1.807, 2.05) is 24.3 Å². The molecule has 0 radical (unpaired) electrons. The number of para-hydroxylation sites is 4. The van der Waals surface area contributed by atoms with Crippen LogP contribution in [-0.4, -0.2) is 35.5 Å². The molecule has 134 valence electrons. The van der Waals surface area contributed by atoms with Crippen molar-refractivity contribution < 1.29 is 19.1 Å². The summed E-state index contributed by atoms with van der Waals surface area (Å²) in [4.78, 5) is 31.1. The second kappa shape index (κ2) is 8.02. The maximum absolute atomic E-state index is 11.9. The minimum Gasteiger partial charge on any atom is -0.493 e. The topological polar surface area (TPSA) is 105 Å². The summed E-state index contributed by atoms with van der Waals surface area (Å²) in [5, 5.41) is 0. The van der Waals surface area contributed by atoms with Crippen LogP contribution in [0.4, 0.5) is 0 Å². The number of carbonyl (C=O) groups excluding carboxylic acids is 2. The van der Waals surface area contributed by atoms with Crippen molar-refractivity contribution in [3.8, 4) is 11.5 Å². The van der Waals surface area contributed by atoms with Gasteiger partial charge >= 0.3 is 0 Å². The van der Waals surface area contributed by atoms with Crippen molar-refractivity contribution in [2.24, 2.45) is 0 Å². The molecule has 0 saturated heterocycles. The van der Waals surface area contributed by atoms with Crippen LogP contribution in [-0.2, 0) is 16.0 Å². The number of benzene rings is 2. The fourth-order valence-electron chi connectivity index (χ4n) is 2.34. The third kappa shape index (κ3) is 4.29. The zero-order chi connectivity index (χ0) is 18.4. The molecule has 8 nitrogen and oxygen atoms in total. The highest BCUT2D eigenvalue weighted by molar-refractivity contribution is 5.84. The quantitative estimate of drug-likeness (QED) is 0.579. The van der Waals surface area contributed by atoms with Gasteiger partial charge in [0, 0.05) is 0 Å². The van der Waals surface area contributed by atoms with Crippen LogP contribution in [0, 0.1) is 0 Å².